The monoisotopic (exact) mass is 509 g/mol. The summed E-state index contributed by atoms with van der Waals surface area (Å²) in [6.45, 7) is 5.58. The smallest absolute Gasteiger partial charge is 0.305 e. The summed E-state index contributed by atoms with van der Waals surface area (Å²) >= 11 is 0. The van der Waals surface area contributed by atoms with Crippen LogP contribution in [0.25, 0.3) is 0 Å². The second-order valence-corrected chi connectivity index (χ2v) is 10.9. The maximum atomic E-state index is 12.0. The zero-order chi connectivity index (χ0) is 25.9. The lowest BCUT2D eigenvalue weighted by molar-refractivity contribution is -0.144. The third-order valence-corrected chi connectivity index (χ3v) is 7.43. The molecule has 0 amide bonds. The van der Waals surface area contributed by atoms with E-state index in [2.05, 4.69) is 11.8 Å². The topological polar surface area (TPSA) is 55.8 Å². The number of unbranched alkanes of at least 4 members (excludes halogenated alkanes) is 14. The Balaban J connectivity index is 2.10. The van der Waals surface area contributed by atoms with Crippen LogP contribution in [0.2, 0.25) is 0 Å². The van der Waals surface area contributed by atoms with E-state index in [1.807, 2.05) is 0 Å². The van der Waals surface area contributed by atoms with Gasteiger partial charge in [-0.3, -0.25) is 14.5 Å². The maximum Gasteiger partial charge on any atom is 0.305 e. The molecule has 0 N–H and O–H groups in total. The van der Waals surface area contributed by atoms with Crippen LogP contribution in [0.15, 0.2) is 0 Å². The molecule has 0 spiro atoms. The number of ether oxygens (including phenoxy) is 2. The van der Waals surface area contributed by atoms with Gasteiger partial charge in [0.05, 0.1) is 0 Å². The van der Waals surface area contributed by atoms with Gasteiger partial charge in [-0.15, -0.1) is 0 Å². The van der Waals surface area contributed by atoms with Crippen LogP contribution in [-0.2, 0) is 19.1 Å². The molecule has 1 fully saturated rings. The molecule has 1 heterocycles. The van der Waals surface area contributed by atoms with Gasteiger partial charge in [-0.1, -0.05) is 122 Å². The van der Waals surface area contributed by atoms with Crippen molar-refractivity contribution in [3.05, 3.63) is 0 Å². The number of esters is 2. The highest BCUT2D eigenvalue weighted by atomic mass is 16.5. The normalized spacial score (nSPS) is 17.9. The summed E-state index contributed by atoms with van der Waals surface area (Å²) in [4.78, 5) is 26.2. The molecule has 0 saturated carbocycles. The minimum Gasteiger partial charge on any atom is -0.464 e. The molecule has 36 heavy (non-hydrogen) atoms. The molecule has 5 nitrogen and oxygen atoms in total. The summed E-state index contributed by atoms with van der Waals surface area (Å²) in [6.07, 6.45) is 27.7. The van der Waals surface area contributed by atoms with E-state index in [1.165, 1.54) is 89.9 Å². The standard InChI is InChI=1S/C31H59NO4/c1-2-3-4-5-6-7-8-9-10-11-12-13-16-19-22-25-32-26-28-35-30(33)23-20-17-14-15-18-21-24-31(34)36-29-27-32/h2-29H2,1H3. The van der Waals surface area contributed by atoms with Gasteiger partial charge < -0.3 is 9.47 Å². The molecule has 0 atom stereocenters. The van der Waals surface area contributed by atoms with E-state index in [1.54, 1.807) is 0 Å². The third kappa shape index (κ3) is 22.1. The molecule has 0 aromatic heterocycles. The number of hydrogen-bond donors (Lipinski definition) is 0. The SMILES string of the molecule is CCCCCCCCCCCCCCCCCN1CCOC(=O)CCCCCCCCC(=O)OCC1. The average molecular weight is 510 g/mol. The minimum absolute atomic E-state index is 0.0716. The average Bonchev–Trinajstić information content (AvgIpc) is 2.87. The summed E-state index contributed by atoms with van der Waals surface area (Å²) in [7, 11) is 0. The second kappa shape index (κ2) is 25.5. The van der Waals surface area contributed by atoms with Gasteiger partial charge in [0.2, 0.25) is 0 Å². The Morgan fingerprint density at radius 3 is 1.31 bits per heavy atom. The molecule has 0 radical (unpaired) electrons. The van der Waals surface area contributed by atoms with Crippen LogP contribution in [0.3, 0.4) is 0 Å². The Bertz CT molecular complexity index is 483. The summed E-state index contributed by atoms with van der Waals surface area (Å²) in [5.41, 5.74) is 0. The van der Waals surface area contributed by atoms with Crippen molar-refractivity contribution in [3.63, 3.8) is 0 Å². The molecule has 212 valence electrons. The molecule has 0 bridgehead atoms. The Labute approximate surface area is 223 Å². The quantitative estimate of drug-likeness (QED) is 0.154. The fourth-order valence-electron chi connectivity index (χ4n) is 5.01. The number of nitrogens with zero attached hydrogens (tertiary/aromatic N) is 1. The minimum atomic E-state index is -0.0716. The summed E-state index contributed by atoms with van der Waals surface area (Å²) < 4.78 is 10.9. The first-order valence-electron chi connectivity index (χ1n) is 15.8. The highest BCUT2D eigenvalue weighted by Gasteiger charge is 2.10. The van der Waals surface area contributed by atoms with Gasteiger partial charge in [-0.25, -0.2) is 0 Å². The lowest BCUT2D eigenvalue weighted by atomic mass is 10.0. The van der Waals surface area contributed by atoms with Crippen LogP contribution in [0.5, 0.6) is 0 Å². The Hall–Kier alpha value is -1.10. The highest BCUT2D eigenvalue weighted by molar-refractivity contribution is 5.69. The largest absolute Gasteiger partial charge is 0.464 e. The molecule has 1 rings (SSSR count). The molecule has 1 saturated heterocycles. The van der Waals surface area contributed by atoms with Gasteiger partial charge in [0, 0.05) is 25.9 Å². The summed E-state index contributed by atoms with van der Waals surface area (Å²) in [6, 6.07) is 0. The lowest BCUT2D eigenvalue weighted by Crippen LogP contribution is -2.33. The van der Waals surface area contributed by atoms with E-state index in [-0.39, 0.29) is 11.9 Å². The molecular weight excluding hydrogens is 450 g/mol. The fraction of sp³-hybridized carbons (Fsp3) is 0.935. The van der Waals surface area contributed by atoms with Crippen LogP contribution in [0.4, 0.5) is 0 Å². The van der Waals surface area contributed by atoms with Gasteiger partial charge in [0.1, 0.15) is 13.2 Å². The van der Waals surface area contributed by atoms with Gasteiger partial charge in [-0.05, 0) is 25.8 Å². The van der Waals surface area contributed by atoms with Crippen molar-refractivity contribution >= 4 is 11.9 Å². The molecule has 1 aliphatic heterocycles. The maximum absolute atomic E-state index is 12.0. The number of carbonyl (C=O) groups excluding carboxylic acids is 2. The van der Waals surface area contributed by atoms with Crippen LogP contribution >= 0.6 is 0 Å². The van der Waals surface area contributed by atoms with E-state index < -0.39 is 0 Å². The summed E-state index contributed by atoms with van der Waals surface area (Å²) in [5, 5.41) is 0. The highest BCUT2D eigenvalue weighted by Crippen LogP contribution is 2.14. The lowest BCUT2D eigenvalue weighted by Gasteiger charge is -2.22. The van der Waals surface area contributed by atoms with Crippen molar-refractivity contribution < 1.29 is 19.1 Å². The molecule has 1 aliphatic rings. The number of carbonyl (C=O) groups is 2. The first-order chi connectivity index (χ1) is 17.7. The van der Waals surface area contributed by atoms with Crippen molar-refractivity contribution in [2.45, 2.75) is 155 Å². The van der Waals surface area contributed by atoms with Crippen molar-refractivity contribution in [3.8, 4) is 0 Å². The molecule has 0 unspecified atom stereocenters. The van der Waals surface area contributed by atoms with Gasteiger partial charge in [-0.2, -0.15) is 0 Å². The fourth-order valence-corrected chi connectivity index (χ4v) is 5.01. The number of hydrogen-bond acceptors (Lipinski definition) is 5. The third-order valence-electron chi connectivity index (χ3n) is 7.43. The summed E-state index contributed by atoms with van der Waals surface area (Å²) in [5.74, 6) is -0.143. The predicted octanol–water partition coefficient (Wildman–Crippen LogP) is 8.38. The number of rotatable bonds is 16. The van der Waals surface area contributed by atoms with Gasteiger partial charge in [0.15, 0.2) is 0 Å². The van der Waals surface area contributed by atoms with Crippen LogP contribution in [-0.4, -0.2) is 49.7 Å². The van der Waals surface area contributed by atoms with E-state index in [0.717, 1.165) is 64.6 Å². The Morgan fingerprint density at radius 2 is 0.889 bits per heavy atom. The second-order valence-electron chi connectivity index (χ2n) is 10.9. The van der Waals surface area contributed by atoms with Crippen LogP contribution < -0.4 is 0 Å². The molecule has 0 aromatic carbocycles. The van der Waals surface area contributed by atoms with Crippen LogP contribution in [0, 0.1) is 0 Å². The zero-order valence-corrected chi connectivity index (χ0v) is 23.9. The van der Waals surface area contributed by atoms with E-state index >= 15 is 0 Å². The van der Waals surface area contributed by atoms with Gasteiger partial charge >= 0.3 is 11.9 Å². The molecule has 5 heteroatoms. The molecular formula is C31H59NO4. The van der Waals surface area contributed by atoms with Gasteiger partial charge in [0.25, 0.3) is 0 Å². The molecule has 0 aromatic rings. The van der Waals surface area contributed by atoms with Crippen molar-refractivity contribution in [2.75, 3.05) is 32.8 Å². The van der Waals surface area contributed by atoms with Crippen molar-refractivity contribution in [1.82, 2.24) is 4.90 Å². The first kappa shape index (κ1) is 32.9. The number of cyclic esters (lactones) is 2. The Morgan fingerprint density at radius 1 is 0.528 bits per heavy atom. The Kier molecular flexibility index (Phi) is 23.4. The van der Waals surface area contributed by atoms with Crippen LogP contribution in [0.1, 0.15) is 155 Å². The van der Waals surface area contributed by atoms with E-state index in [9.17, 15) is 9.59 Å². The predicted molar refractivity (Wildman–Crippen MR) is 150 cm³/mol. The zero-order valence-electron chi connectivity index (χ0n) is 23.9. The van der Waals surface area contributed by atoms with E-state index in [0.29, 0.717) is 26.1 Å². The molecule has 0 aliphatic carbocycles. The van der Waals surface area contributed by atoms with E-state index in [4.69, 9.17) is 9.47 Å². The first-order valence-corrected chi connectivity index (χ1v) is 15.8. The van der Waals surface area contributed by atoms with Crippen molar-refractivity contribution in [1.29, 1.82) is 0 Å². The van der Waals surface area contributed by atoms with Crippen molar-refractivity contribution in [2.24, 2.45) is 0 Å².